The van der Waals surface area contributed by atoms with Crippen molar-refractivity contribution in [2.45, 2.75) is 245 Å². The van der Waals surface area contributed by atoms with E-state index in [0.717, 1.165) is 6.29 Å². The maximum Gasteiger partial charge on any atom is 0.373 e. The number of ether oxygens (including phenoxy) is 3. The van der Waals surface area contributed by atoms with E-state index in [2.05, 4.69) is 114 Å². The zero-order valence-corrected chi connectivity index (χ0v) is 52.3. The first-order valence-electron chi connectivity index (χ1n) is 25.9. The minimum atomic E-state index is -1.91. The molecule has 17 heteroatoms. The monoisotopic (exact) mass is 1110 g/mol. The van der Waals surface area contributed by atoms with Crippen LogP contribution in [0.4, 0.5) is 0 Å². The van der Waals surface area contributed by atoms with E-state index in [4.69, 9.17) is 52.8 Å². The largest absolute Gasteiger partial charge is 0.462 e. The van der Waals surface area contributed by atoms with E-state index in [1.54, 1.807) is 57.2 Å². The summed E-state index contributed by atoms with van der Waals surface area (Å²) in [5.74, 6) is -0.820. The second-order valence-electron chi connectivity index (χ2n) is 20.8. The van der Waals surface area contributed by atoms with E-state index in [1.807, 2.05) is 32.9 Å². The Morgan fingerprint density at radius 2 is 1.11 bits per heavy atom. The smallest absolute Gasteiger partial charge is 0.373 e. The molecule has 9 atom stereocenters. The molecule has 15 nitrogen and oxygen atoms in total. The number of cyclic esters (lactones) is 1. The minimum absolute atomic E-state index is 0.0367. The molecule has 0 spiro atoms. The zero-order valence-electron chi connectivity index (χ0n) is 50.3. The summed E-state index contributed by atoms with van der Waals surface area (Å²) in [6, 6.07) is 0. The van der Waals surface area contributed by atoms with Crippen molar-refractivity contribution in [3.63, 3.8) is 0 Å². The maximum atomic E-state index is 11.9. The highest BCUT2D eigenvalue weighted by Gasteiger charge is 2.39. The lowest BCUT2D eigenvalue weighted by atomic mass is 10.1. The molecule has 0 saturated heterocycles. The molecule has 1 rings (SSSR count). The first-order valence-corrected chi connectivity index (χ1v) is 31.7. The van der Waals surface area contributed by atoms with Gasteiger partial charge in [-0.3, -0.25) is 14.4 Å². The van der Waals surface area contributed by atoms with Crippen LogP contribution in [0.2, 0.25) is 36.3 Å². The number of carbonyl (C=O) groups is 4. The quantitative estimate of drug-likeness (QED) is 0.0275. The molecule has 0 fully saturated rings. The van der Waals surface area contributed by atoms with Gasteiger partial charge in [0.25, 0.3) is 0 Å². The van der Waals surface area contributed by atoms with Gasteiger partial charge in [-0.15, -0.1) is 46.1 Å². The molecule has 0 aromatic heterocycles. The van der Waals surface area contributed by atoms with Crippen molar-refractivity contribution in [2.75, 3.05) is 0 Å². The van der Waals surface area contributed by atoms with Crippen LogP contribution in [0, 0.1) is 0 Å². The van der Waals surface area contributed by atoms with Gasteiger partial charge in [0.2, 0.25) is 0 Å². The third-order valence-corrected chi connectivity index (χ3v) is 19.9. The molecule has 0 aromatic rings. The van der Waals surface area contributed by atoms with Crippen LogP contribution in [0.15, 0.2) is 101 Å². The van der Waals surface area contributed by atoms with E-state index < -0.39 is 34.8 Å². The molecule has 76 heavy (non-hydrogen) atoms. The van der Waals surface area contributed by atoms with Gasteiger partial charge in [-0.2, -0.15) is 9.59 Å². The first kappa shape index (κ1) is 85.5. The molecule has 0 saturated carbocycles. The molecule has 1 heterocycles. The van der Waals surface area contributed by atoms with Gasteiger partial charge in [0, 0.05) is 25.7 Å². The van der Waals surface area contributed by atoms with E-state index in [9.17, 15) is 19.5 Å². The molecule has 0 aliphatic carbocycles. The van der Waals surface area contributed by atoms with Crippen LogP contribution in [0.25, 0.3) is 0 Å². The number of esters is 3. The summed E-state index contributed by atoms with van der Waals surface area (Å²) < 4.78 is 27.5. The topological polar surface area (TPSA) is 229 Å². The summed E-state index contributed by atoms with van der Waals surface area (Å²) >= 11 is 0. The molecule has 0 bridgehead atoms. The zero-order chi connectivity index (χ0) is 61.3. The van der Waals surface area contributed by atoms with Crippen LogP contribution in [0.1, 0.15) is 154 Å². The Morgan fingerprint density at radius 3 is 1.42 bits per heavy atom. The molecular formula is C59H108O15Si2. The fraction of sp³-hybridized carbons (Fsp3) is 0.644. The standard InChI is InChI=1S/C16H30O3Si.2C10H16O3.C10H22OSi.2C5H10O.C2H4O.CO2/c1-9-11-13(3)18-15(17)12-14(10-2)19-20(7,8)16(4,5)6;1-8-4-2-5-9(11)6-3-7-10(12)13-8;1-4-6-8(3)13-10(12)7-9(11)5-2;1-8-9(2)11-12(6,7)10(3,4)5;2*1-3-4-5(2)6;1-2-3;2-1-3/h9-10,13-14H,1-2,11-12H2,3-8H3;2,5,8-9,11H,3-4,6-7H2,1H3;4-5,8-9,11H,1-2,6-7H2,3H3;8-9H,1H2,2-7H3;2*3,5-6H,1,4H2,2H3;2H,1H3;/b;5-2+;;;;;;/t13-,14+;2*8-,9+;9-;2*5-;;/m111111../s1. The third-order valence-electron chi connectivity index (χ3n) is 10.9. The molecule has 0 unspecified atom stereocenters. The summed E-state index contributed by atoms with van der Waals surface area (Å²) in [6.45, 7) is 59.4. The van der Waals surface area contributed by atoms with Crippen LogP contribution in [-0.4, -0.2) is 122 Å². The summed E-state index contributed by atoms with van der Waals surface area (Å²) in [4.78, 5) is 59.0. The predicted molar refractivity (Wildman–Crippen MR) is 315 cm³/mol. The molecule has 1 aliphatic heterocycles. The lowest BCUT2D eigenvalue weighted by Gasteiger charge is -2.38. The van der Waals surface area contributed by atoms with Crippen molar-refractivity contribution in [3.05, 3.63) is 101 Å². The second kappa shape index (κ2) is 51.3. The molecule has 1 aliphatic rings. The number of aliphatic hydroxyl groups excluding tert-OH is 4. The Morgan fingerprint density at radius 1 is 0.724 bits per heavy atom. The van der Waals surface area contributed by atoms with Crippen molar-refractivity contribution in [2.24, 2.45) is 0 Å². The number of rotatable bonds is 21. The number of aliphatic hydroxyl groups is 4. The molecule has 442 valence electrons. The fourth-order valence-corrected chi connectivity index (χ4v) is 7.41. The van der Waals surface area contributed by atoms with Gasteiger partial charge in [-0.05, 0) is 110 Å². The SMILES string of the molecule is C=CC[C@@H](C)O.C=CC[C@@H](C)O.C=CC[C@@H](C)OC(=O)C[C@@H](O)C=C.C=CC[C@@H](C)OC(=O)C[C@H](C=C)O[Si](C)(C)C(C)(C)C.C=C[C@@H](C)O[Si](C)(C)C(C)(C)C.CC=O.C[C@@H]1C/C=C/[C@H](O)CCCC(=O)O1.O=C=O. The maximum absolute atomic E-state index is 11.9. The van der Waals surface area contributed by atoms with Crippen molar-refractivity contribution >= 4 is 47.0 Å². The normalized spacial score (nSPS) is 17.1. The average Bonchev–Trinajstić information content (AvgIpc) is 3.26. The second-order valence-corrected chi connectivity index (χ2v) is 30.3. The van der Waals surface area contributed by atoms with Gasteiger partial charge < -0.3 is 48.3 Å². The molecule has 0 aromatic carbocycles. The van der Waals surface area contributed by atoms with Gasteiger partial charge in [0.05, 0.1) is 49.5 Å². The Balaban J connectivity index is -0.000000153. The highest BCUT2D eigenvalue weighted by molar-refractivity contribution is 6.74. The third kappa shape index (κ3) is 60.4. The number of hydrogen-bond acceptors (Lipinski definition) is 15. The van der Waals surface area contributed by atoms with Gasteiger partial charge >= 0.3 is 24.1 Å². The van der Waals surface area contributed by atoms with Crippen LogP contribution < -0.4 is 0 Å². The van der Waals surface area contributed by atoms with E-state index in [-0.39, 0.29) is 78.7 Å². The summed E-state index contributed by atoms with van der Waals surface area (Å²) in [5, 5.41) is 35.8. The van der Waals surface area contributed by atoms with E-state index in [0.29, 0.717) is 56.4 Å². The lowest BCUT2D eigenvalue weighted by molar-refractivity contribution is -0.192. The Labute approximate surface area is 463 Å². The Hall–Kier alpha value is -4.43. The number of aldehydes is 1. The number of hydrogen-bond donors (Lipinski definition) is 4. The van der Waals surface area contributed by atoms with Gasteiger partial charge in [-0.25, -0.2) is 0 Å². The van der Waals surface area contributed by atoms with E-state index >= 15 is 0 Å². The van der Waals surface area contributed by atoms with Crippen LogP contribution >= 0.6 is 0 Å². The van der Waals surface area contributed by atoms with E-state index in [1.165, 1.54) is 13.0 Å². The number of carbonyl (C=O) groups excluding carboxylic acids is 6. The van der Waals surface area contributed by atoms with Crippen LogP contribution in [0.3, 0.4) is 0 Å². The predicted octanol–water partition coefficient (Wildman–Crippen LogP) is 12.4. The minimum Gasteiger partial charge on any atom is -0.462 e. The lowest BCUT2D eigenvalue weighted by Crippen LogP contribution is -2.44. The summed E-state index contributed by atoms with van der Waals surface area (Å²) in [5.41, 5.74) is 0. The summed E-state index contributed by atoms with van der Waals surface area (Å²) in [7, 11) is -3.47. The van der Waals surface area contributed by atoms with Gasteiger partial charge in [0.15, 0.2) is 16.6 Å². The highest BCUT2D eigenvalue weighted by Crippen LogP contribution is 2.38. The Kier molecular flexibility index (Phi) is 57.7. The van der Waals surface area contributed by atoms with Crippen molar-refractivity contribution in [3.8, 4) is 0 Å². The van der Waals surface area contributed by atoms with Crippen molar-refractivity contribution < 1.29 is 72.3 Å². The molecular weight excluding hydrogens is 1000 g/mol. The highest BCUT2D eigenvalue weighted by atomic mass is 28.4. The van der Waals surface area contributed by atoms with Crippen LogP contribution in [-0.2, 0) is 51.8 Å². The molecule has 0 radical (unpaired) electrons. The van der Waals surface area contributed by atoms with Gasteiger partial charge in [0.1, 0.15) is 24.6 Å². The van der Waals surface area contributed by atoms with Crippen molar-refractivity contribution in [1.82, 2.24) is 0 Å². The van der Waals surface area contributed by atoms with Crippen LogP contribution in [0.5, 0.6) is 0 Å². The first-order chi connectivity index (χ1) is 34.9. The van der Waals surface area contributed by atoms with Gasteiger partial charge in [-0.1, -0.05) is 96.2 Å². The Bertz CT molecular complexity index is 1620. The molecule has 0 amide bonds. The average molecular weight is 1110 g/mol. The van der Waals surface area contributed by atoms with Crippen molar-refractivity contribution in [1.29, 1.82) is 0 Å². The molecule has 4 N–H and O–H groups in total. The fourth-order valence-electron chi connectivity index (χ4n) is 4.74. The summed E-state index contributed by atoms with van der Waals surface area (Å²) in [6.07, 6.45) is 19.5.